The van der Waals surface area contributed by atoms with Crippen molar-refractivity contribution in [3.63, 3.8) is 0 Å². The average molecular weight is 1290 g/mol. The molecular formula is C67H80BrF4N13O4. The number of carbonyl (C=O) groups is 2. The van der Waals surface area contributed by atoms with E-state index in [0.717, 1.165) is 116 Å². The number of carbonyl (C=O) groups excluding carboxylic acids is 2. The third-order valence-corrected chi connectivity index (χ3v) is 19.2. The number of rotatable bonds is 15. The van der Waals surface area contributed by atoms with E-state index in [1.54, 1.807) is 33.3 Å². The molecule has 2 amide bonds. The number of aliphatic hydroxyl groups is 2. The highest BCUT2D eigenvalue weighted by molar-refractivity contribution is 9.10. The number of aromatic nitrogens is 6. The molecule has 17 nitrogen and oxygen atoms in total. The van der Waals surface area contributed by atoms with Gasteiger partial charge in [-0.15, -0.1) is 10.2 Å². The molecule has 4 N–H and O–H groups in total. The lowest BCUT2D eigenvalue weighted by Crippen LogP contribution is -2.45. The van der Waals surface area contributed by atoms with Crippen LogP contribution in [0.4, 0.5) is 46.5 Å². The number of benzene rings is 4. The van der Waals surface area contributed by atoms with Crippen LogP contribution in [-0.2, 0) is 10.8 Å². The fraction of sp³-hybridized carbons (Fsp3) is 0.433. The SMILES string of the molecule is CN1CCC(N(C)C(=O)c2ccc(Nc3nc4c(Br)cccn4n3)cc2)CC1.CN1CCC(N(C)C(=O)c2ccc(Nc3nc4c(N5CCC(CO)(c6ccc(C(F)F)cc6)CC5)cccn4n3)cc2)CC1.OCC1(c2ccc(C(F)F)cc2)CCCCC1. The molecule has 89 heavy (non-hydrogen) atoms. The summed E-state index contributed by atoms with van der Waals surface area (Å²) in [5, 5.41) is 35.5. The van der Waals surface area contributed by atoms with E-state index in [4.69, 9.17) is 4.98 Å². The van der Waals surface area contributed by atoms with Crippen LogP contribution < -0.4 is 15.5 Å². The van der Waals surface area contributed by atoms with E-state index in [9.17, 15) is 37.4 Å². The van der Waals surface area contributed by atoms with Gasteiger partial charge >= 0.3 is 0 Å². The highest BCUT2D eigenvalue weighted by Crippen LogP contribution is 2.41. The van der Waals surface area contributed by atoms with Gasteiger partial charge in [-0.05, 0) is 191 Å². The number of aliphatic hydroxyl groups excluding tert-OH is 2. The van der Waals surface area contributed by atoms with Crippen molar-refractivity contribution >= 4 is 68.0 Å². The Balaban J connectivity index is 0.000000165. The van der Waals surface area contributed by atoms with E-state index in [1.807, 2.05) is 109 Å². The van der Waals surface area contributed by atoms with Crippen molar-refractivity contribution in [1.29, 1.82) is 0 Å². The summed E-state index contributed by atoms with van der Waals surface area (Å²) in [5.74, 6) is 1.05. The van der Waals surface area contributed by atoms with Crippen molar-refractivity contribution in [2.75, 3.05) is 96.2 Å². The summed E-state index contributed by atoms with van der Waals surface area (Å²) < 4.78 is 55.4. The minimum absolute atomic E-state index is 0.0118. The van der Waals surface area contributed by atoms with Crippen LogP contribution in [0, 0.1) is 0 Å². The maximum absolute atomic E-state index is 13.1. The van der Waals surface area contributed by atoms with Crippen LogP contribution in [-0.4, -0.2) is 164 Å². The van der Waals surface area contributed by atoms with Crippen LogP contribution in [0.1, 0.15) is 126 Å². The first-order valence-electron chi connectivity index (χ1n) is 30.7. The fourth-order valence-electron chi connectivity index (χ4n) is 12.7. The zero-order valence-electron chi connectivity index (χ0n) is 51.0. The fourth-order valence-corrected chi connectivity index (χ4v) is 13.1. The molecule has 0 radical (unpaired) electrons. The highest BCUT2D eigenvalue weighted by Gasteiger charge is 2.37. The first-order valence-corrected chi connectivity index (χ1v) is 31.5. The Hall–Kier alpha value is -7.50. The number of alkyl halides is 4. The standard InChI is InChI=1S/C33H39F2N7O2.C20H23BrN6O.C14H18F2O/c1-39-18-13-27(14-19-39)40(2)31(44)24-7-11-26(12-8-24)36-32-37-30-28(4-3-17-42(30)38-32)41-20-15-33(22-43,16-21-41)25-9-5-23(6-10-25)29(34)35;1-25-12-9-16(10-13-25)26(2)19(28)14-5-7-15(8-6-14)22-20-23-18-17(21)4-3-11-27(18)24-20;15-13(16)11-4-6-12(7-5-11)14(10-17)8-2-1-3-9-14/h3-12,17,27,29,43H,13-16,18-22H2,1-2H3,(H,36,38);3-8,11,16H,9-10,12-13H2,1-2H3,(H,22,24);4-7,13,17H,1-3,8-10H2. The van der Waals surface area contributed by atoms with Gasteiger partial charge in [-0.3, -0.25) is 9.59 Å². The molecule has 0 bridgehead atoms. The van der Waals surface area contributed by atoms with Gasteiger partial charge in [0.15, 0.2) is 11.3 Å². The monoisotopic (exact) mass is 1290 g/mol. The smallest absolute Gasteiger partial charge is 0.263 e. The van der Waals surface area contributed by atoms with Crippen LogP contribution in [0.15, 0.2) is 138 Å². The Bertz CT molecular complexity index is 3600. The molecule has 22 heteroatoms. The van der Waals surface area contributed by atoms with Crippen LogP contribution in [0.2, 0.25) is 0 Å². The molecular weight excluding hydrogens is 1210 g/mol. The van der Waals surface area contributed by atoms with Crippen LogP contribution in [0.5, 0.6) is 0 Å². The van der Waals surface area contributed by atoms with Crippen molar-refractivity contribution in [3.05, 3.63) is 172 Å². The second kappa shape index (κ2) is 29.0. The molecule has 1 saturated carbocycles. The topological polar surface area (TPSA) is 175 Å². The molecule has 0 atom stereocenters. The van der Waals surface area contributed by atoms with Crippen molar-refractivity contribution in [1.82, 2.24) is 48.8 Å². The van der Waals surface area contributed by atoms with E-state index in [2.05, 4.69) is 70.5 Å². The molecule has 8 aromatic rings. The Kier molecular flexibility index (Phi) is 21.0. The quantitative estimate of drug-likeness (QED) is 0.0715. The van der Waals surface area contributed by atoms with Gasteiger partial charge in [-0.1, -0.05) is 67.8 Å². The number of nitrogens with one attached hydrogen (secondary N) is 2. The average Bonchev–Trinajstić information content (AvgIpc) is 3.45. The number of hydrogen-bond donors (Lipinski definition) is 4. The van der Waals surface area contributed by atoms with Gasteiger partial charge in [0.25, 0.3) is 24.7 Å². The largest absolute Gasteiger partial charge is 0.395 e. The van der Waals surface area contributed by atoms with E-state index < -0.39 is 18.3 Å². The van der Waals surface area contributed by atoms with Gasteiger partial charge in [0.1, 0.15) is 0 Å². The molecule has 4 aromatic heterocycles. The van der Waals surface area contributed by atoms with E-state index in [1.165, 1.54) is 30.7 Å². The lowest BCUT2D eigenvalue weighted by atomic mass is 9.70. The van der Waals surface area contributed by atoms with Gasteiger partial charge < -0.3 is 45.3 Å². The summed E-state index contributed by atoms with van der Waals surface area (Å²) in [6, 6.07) is 36.0. The Morgan fingerprint density at radius 1 is 0.562 bits per heavy atom. The summed E-state index contributed by atoms with van der Waals surface area (Å²) >= 11 is 3.47. The van der Waals surface area contributed by atoms with Gasteiger partial charge in [0, 0.05) is 96.1 Å². The predicted octanol–water partition coefficient (Wildman–Crippen LogP) is 12.3. The number of halogens is 5. The number of likely N-dealkylation sites (tertiary alicyclic amines) is 2. The summed E-state index contributed by atoms with van der Waals surface area (Å²) in [7, 11) is 8.04. The molecule has 12 rings (SSSR count). The maximum atomic E-state index is 13.1. The summed E-state index contributed by atoms with van der Waals surface area (Å²) in [5.41, 5.74) is 6.61. The van der Waals surface area contributed by atoms with Crippen molar-refractivity contribution < 1.29 is 37.4 Å². The van der Waals surface area contributed by atoms with Gasteiger partial charge in [-0.2, -0.15) is 9.97 Å². The minimum atomic E-state index is -2.51. The second-order valence-electron chi connectivity index (χ2n) is 24.2. The Morgan fingerprint density at radius 3 is 1.38 bits per heavy atom. The third kappa shape index (κ3) is 15.2. The molecule has 472 valence electrons. The Labute approximate surface area is 525 Å². The second-order valence-corrected chi connectivity index (χ2v) is 25.1. The Morgan fingerprint density at radius 2 is 0.966 bits per heavy atom. The number of pyridine rings is 2. The highest BCUT2D eigenvalue weighted by atomic mass is 79.9. The van der Waals surface area contributed by atoms with Crippen molar-refractivity contribution in [3.8, 4) is 0 Å². The molecule has 0 unspecified atom stereocenters. The molecule has 7 heterocycles. The van der Waals surface area contributed by atoms with Crippen LogP contribution >= 0.6 is 15.9 Å². The van der Waals surface area contributed by atoms with Gasteiger partial charge in [0.2, 0.25) is 11.9 Å². The molecule has 1 aliphatic carbocycles. The zero-order valence-corrected chi connectivity index (χ0v) is 52.6. The summed E-state index contributed by atoms with van der Waals surface area (Å²) in [6.07, 6.45) is 9.47. The number of amides is 2. The van der Waals surface area contributed by atoms with Crippen molar-refractivity contribution in [2.24, 2.45) is 0 Å². The number of hydrogen-bond acceptors (Lipinski definition) is 13. The number of anilines is 5. The zero-order chi connectivity index (χ0) is 62.8. The molecule has 4 aliphatic rings. The maximum Gasteiger partial charge on any atom is 0.263 e. The predicted molar refractivity (Wildman–Crippen MR) is 343 cm³/mol. The van der Waals surface area contributed by atoms with Crippen LogP contribution in [0.25, 0.3) is 11.3 Å². The van der Waals surface area contributed by atoms with E-state index >= 15 is 0 Å². The lowest BCUT2D eigenvalue weighted by Gasteiger charge is -2.42. The number of fused-ring (bicyclic) bond motifs is 2. The summed E-state index contributed by atoms with van der Waals surface area (Å²) in [6.45, 7) is 5.49. The molecule has 0 spiro atoms. The first-order chi connectivity index (χ1) is 42.9. The van der Waals surface area contributed by atoms with Crippen molar-refractivity contribution in [2.45, 2.75) is 106 Å². The molecule has 3 aliphatic heterocycles. The number of nitrogens with zero attached hydrogens (tertiary/aromatic N) is 11. The molecule has 4 aromatic carbocycles. The summed E-state index contributed by atoms with van der Waals surface area (Å²) in [4.78, 5) is 45.7. The van der Waals surface area contributed by atoms with Gasteiger partial charge in [0.05, 0.1) is 23.4 Å². The van der Waals surface area contributed by atoms with E-state index in [-0.39, 0.29) is 47.6 Å². The lowest BCUT2D eigenvalue weighted by molar-refractivity contribution is 0.0652. The van der Waals surface area contributed by atoms with E-state index in [0.29, 0.717) is 60.6 Å². The third-order valence-electron chi connectivity index (χ3n) is 18.6. The molecule has 4 fully saturated rings. The minimum Gasteiger partial charge on any atom is -0.395 e. The van der Waals surface area contributed by atoms with Crippen LogP contribution in [0.3, 0.4) is 0 Å². The molecule has 3 saturated heterocycles. The first kappa shape index (κ1) is 64.5. The van der Waals surface area contributed by atoms with Gasteiger partial charge in [-0.25, -0.2) is 26.6 Å². The normalized spacial score (nSPS) is 17.4. The number of piperidine rings is 3.